The molecule has 6 rings (SSSR count). The summed E-state index contributed by atoms with van der Waals surface area (Å²) >= 11 is 0. The van der Waals surface area contributed by atoms with E-state index in [0.717, 1.165) is 50.3 Å². The molecule has 1 unspecified atom stereocenters. The molecule has 7 nitrogen and oxygen atoms in total. The Bertz CT molecular complexity index is 1120. The molecule has 0 N–H and O–H groups in total. The van der Waals surface area contributed by atoms with Crippen molar-refractivity contribution in [2.45, 2.75) is 37.2 Å². The van der Waals surface area contributed by atoms with Gasteiger partial charge in [0.2, 0.25) is 5.82 Å². The number of nitrogens with zero attached hydrogens (tertiary/aromatic N) is 5. The van der Waals surface area contributed by atoms with Crippen LogP contribution in [0.5, 0.6) is 0 Å². The van der Waals surface area contributed by atoms with Gasteiger partial charge in [-0.15, -0.1) is 0 Å². The molecule has 4 heterocycles. The maximum Gasteiger partial charge on any atom is 0.258 e. The van der Waals surface area contributed by atoms with Crippen LogP contribution in [0, 0.1) is 0 Å². The van der Waals surface area contributed by atoms with E-state index < -0.39 is 0 Å². The van der Waals surface area contributed by atoms with Gasteiger partial charge in [0, 0.05) is 37.4 Å². The van der Waals surface area contributed by atoms with Crippen molar-refractivity contribution < 1.29 is 9.26 Å². The van der Waals surface area contributed by atoms with Gasteiger partial charge in [-0.25, -0.2) is 0 Å². The van der Waals surface area contributed by atoms with Crippen LogP contribution in [0.25, 0.3) is 17.1 Å². The third-order valence-corrected chi connectivity index (χ3v) is 7.01. The second kappa shape index (κ2) is 7.43. The molecule has 0 radical (unpaired) electrons. The number of hydrogen-bond donors (Lipinski definition) is 0. The maximum atomic E-state index is 5.86. The summed E-state index contributed by atoms with van der Waals surface area (Å²) < 4.78 is 13.3. The summed E-state index contributed by atoms with van der Waals surface area (Å²) in [6, 6.07) is 10.6. The molecule has 2 aliphatic heterocycles. The van der Waals surface area contributed by atoms with Crippen LogP contribution in [-0.2, 0) is 17.2 Å². The predicted octanol–water partition coefficient (Wildman–Crippen LogP) is 3.43. The van der Waals surface area contributed by atoms with E-state index in [1.807, 2.05) is 19.3 Å². The van der Waals surface area contributed by atoms with Gasteiger partial charge in [-0.3, -0.25) is 4.68 Å². The summed E-state index contributed by atoms with van der Waals surface area (Å²) in [6.45, 7) is 4.15. The number of piperidine rings is 1. The molecule has 3 aromatic rings. The molecule has 1 atom stereocenters. The highest BCUT2D eigenvalue weighted by Gasteiger charge is 2.42. The molecule has 2 saturated heterocycles. The van der Waals surface area contributed by atoms with Crippen molar-refractivity contribution in [3.05, 3.63) is 59.6 Å². The first-order valence-electron chi connectivity index (χ1n) is 11.2. The highest BCUT2D eigenvalue weighted by molar-refractivity contribution is 5.84. The number of benzene rings is 1. The van der Waals surface area contributed by atoms with Crippen LogP contribution in [0.15, 0.2) is 47.1 Å². The second-order valence-corrected chi connectivity index (χ2v) is 8.99. The average Bonchev–Trinajstić information content (AvgIpc) is 3.58. The monoisotopic (exact) mass is 417 g/mol. The molecule has 0 bridgehead atoms. The number of allylic oxidation sites excluding steroid dienone is 1. The van der Waals surface area contributed by atoms with E-state index in [9.17, 15) is 0 Å². The van der Waals surface area contributed by atoms with E-state index in [-0.39, 0.29) is 5.41 Å². The van der Waals surface area contributed by atoms with Crippen LogP contribution in [-0.4, -0.2) is 57.2 Å². The Morgan fingerprint density at radius 3 is 2.81 bits per heavy atom. The van der Waals surface area contributed by atoms with Gasteiger partial charge < -0.3 is 14.2 Å². The zero-order chi connectivity index (χ0) is 20.8. The summed E-state index contributed by atoms with van der Waals surface area (Å²) in [5.74, 6) is 1.10. The Morgan fingerprint density at radius 1 is 1.16 bits per heavy atom. The van der Waals surface area contributed by atoms with Crippen LogP contribution in [0.4, 0.5) is 0 Å². The van der Waals surface area contributed by atoms with Crippen molar-refractivity contribution in [2.24, 2.45) is 7.05 Å². The Morgan fingerprint density at radius 2 is 2.03 bits per heavy atom. The van der Waals surface area contributed by atoms with Gasteiger partial charge in [0.05, 0.1) is 6.10 Å². The topological polar surface area (TPSA) is 69.2 Å². The quantitative estimate of drug-likeness (QED) is 0.648. The number of likely N-dealkylation sites (tertiary alicyclic amines) is 1. The van der Waals surface area contributed by atoms with Gasteiger partial charge in [0.1, 0.15) is 5.69 Å². The van der Waals surface area contributed by atoms with Crippen molar-refractivity contribution in [3.8, 4) is 11.5 Å². The summed E-state index contributed by atoms with van der Waals surface area (Å²) in [5, 5.41) is 8.59. The van der Waals surface area contributed by atoms with E-state index in [1.54, 1.807) is 4.68 Å². The molecule has 1 aliphatic carbocycles. The Kier molecular flexibility index (Phi) is 4.54. The zero-order valence-electron chi connectivity index (χ0n) is 17.8. The Balaban J connectivity index is 1.28. The molecule has 3 aliphatic rings. The van der Waals surface area contributed by atoms with Gasteiger partial charge in [0.25, 0.3) is 5.89 Å². The highest BCUT2D eigenvalue weighted by atomic mass is 16.5. The van der Waals surface area contributed by atoms with Gasteiger partial charge in [-0.05, 0) is 56.0 Å². The number of aryl methyl sites for hydroxylation is 1. The van der Waals surface area contributed by atoms with Gasteiger partial charge in [-0.2, -0.15) is 10.1 Å². The van der Waals surface area contributed by atoms with Crippen LogP contribution in [0.3, 0.4) is 0 Å². The summed E-state index contributed by atoms with van der Waals surface area (Å²) in [6.07, 6.45) is 9.28. The fraction of sp³-hybridized carbons (Fsp3) is 0.458. The summed E-state index contributed by atoms with van der Waals surface area (Å²) in [4.78, 5) is 7.26. The molecule has 0 saturated carbocycles. The number of rotatable bonds is 4. The van der Waals surface area contributed by atoms with Crippen LogP contribution < -0.4 is 0 Å². The summed E-state index contributed by atoms with van der Waals surface area (Å²) in [5.41, 5.74) is 4.42. The third-order valence-electron chi connectivity index (χ3n) is 7.01. The van der Waals surface area contributed by atoms with Gasteiger partial charge >= 0.3 is 0 Å². The lowest BCUT2D eigenvalue weighted by molar-refractivity contribution is 0.0597. The lowest BCUT2D eigenvalue weighted by Gasteiger charge is -2.40. The van der Waals surface area contributed by atoms with E-state index in [2.05, 4.69) is 50.5 Å². The molecule has 1 aromatic carbocycles. The van der Waals surface area contributed by atoms with E-state index >= 15 is 0 Å². The van der Waals surface area contributed by atoms with E-state index in [0.29, 0.717) is 17.8 Å². The molecule has 2 fully saturated rings. The van der Waals surface area contributed by atoms with Crippen molar-refractivity contribution in [1.82, 2.24) is 24.8 Å². The molecule has 160 valence electrons. The fourth-order valence-electron chi connectivity index (χ4n) is 5.36. The normalized spacial score (nSPS) is 22.7. The van der Waals surface area contributed by atoms with Crippen molar-refractivity contribution in [3.63, 3.8) is 0 Å². The molecular formula is C24H27N5O2. The number of fused-ring (bicyclic) bond motifs is 2. The van der Waals surface area contributed by atoms with Crippen LogP contribution in [0.2, 0.25) is 0 Å². The minimum Gasteiger partial charge on any atom is -0.377 e. The minimum absolute atomic E-state index is 0.0403. The molecule has 7 heteroatoms. The SMILES string of the molecule is Cn1ccc(-c2noc(C3=CC4(CCN(CC5CCCO5)CC4)c4ccccc43)n2)n1. The average molecular weight is 418 g/mol. The highest BCUT2D eigenvalue weighted by Crippen LogP contribution is 2.48. The first-order chi connectivity index (χ1) is 15.2. The first-order valence-corrected chi connectivity index (χ1v) is 11.2. The van der Waals surface area contributed by atoms with E-state index in [1.165, 1.54) is 24.0 Å². The van der Waals surface area contributed by atoms with E-state index in [4.69, 9.17) is 9.26 Å². The number of ether oxygens (including phenoxy) is 1. The molecule has 2 aromatic heterocycles. The lowest BCUT2D eigenvalue weighted by atomic mass is 9.74. The standard InChI is InChI=1S/C24H27N5O2/c1-28-11-8-21(26-28)22-25-23(31-27-22)19-15-24(20-7-3-2-6-18(19)20)9-12-29(13-10-24)16-17-5-4-14-30-17/h2-3,6-8,11,15,17H,4-5,9-10,12-14,16H2,1H3. The Labute approximate surface area is 181 Å². The fourth-order valence-corrected chi connectivity index (χ4v) is 5.36. The predicted molar refractivity (Wildman–Crippen MR) is 116 cm³/mol. The van der Waals surface area contributed by atoms with Gasteiger partial charge in [-0.1, -0.05) is 35.5 Å². The van der Waals surface area contributed by atoms with Crippen molar-refractivity contribution in [2.75, 3.05) is 26.2 Å². The van der Waals surface area contributed by atoms with Crippen LogP contribution in [0.1, 0.15) is 42.7 Å². The zero-order valence-corrected chi connectivity index (χ0v) is 17.8. The molecule has 31 heavy (non-hydrogen) atoms. The smallest absolute Gasteiger partial charge is 0.258 e. The third kappa shape index (κ3) is 3.32. The van der Waals surface area contributed by atoms with Crippen molar-refractivity contribution in [1.29, 1.82) is 0 Å². The van der Waals surface area contributed by atoms with Gasteiger partial charge in [0.15, 0.2) is 0 Å². The summed E-state index contributed by atoms with van der Waals surface area (Å²) in [7, 11) is 1.88. The molecular weight excluding hydrogens is 390 g/mol. The van der Waals surface area contributed by atoms with Crippen LogP contribution >= 0.6 is 0 Å². The molecule has 1 spiro atoms. The first kappa shape index (κ1) is 19.0. The van der Waals surface area contributed by atoms with Crippen molar-refractivity contribution >= 4 is 5.57 Å². The Hall–Kier alpha value is -2.77. The second-order valence-electron chi connectivity index (χ2n) is 8.99. The molecule has 0 amide bonds. The minimum atomic E-state index is 0.0403. The largest absolute Gasteiger partial charge is 0.377 e. The number of aromatic nitrogens is 4. The lowest BCUT2D eigenvalue weighted by Crippen LogP contribution is -2.43. The maximum absolute atomic E-state index is 5.86. The number of hydrogen-bond acceptors (Lipinski definition) is 6.